The highest BCUT2D eigenvalue weighted by molar-refractivity contribution is 6.02. The summed E-state index contributed by atoms with van der Waals surface area (Å²) < 4.78 is 4.69. The molecule has 2 rings (SSSR count). The molecule has 1 N–H and O–H groups in total. The minimum absolute atomic E-state index is 0.0707. The molecule has 1 aromatic heterocycles. The number of methoxy groups -OCH3 is 1. The van der Waals surface area contributed by atoms with Gasteiger partial charge in [-0.15, -0.1) is 0 Å². The molecule has 0 aromatic carbocycles. The van der Waals surface area contributed by atoms with Crippen molar-refractivity contribution in [2.45, 2.75) is 26.7 Å². The van der Waals surface area contributed by atoms with Gasteiger partial charge in [-0.1, -0.05) is 13.8 Å². The van der Waals surface area contributed by atoms with E-state index in [4.69, 9.17) is 4.74 Å². The third kappa shape index (κ3) is 1.64. The molecule has 4 nitrogen and oxygen atoms in total. The predicted molar refractivity (Wildman–Crippen MR) is 58.6 cm³/mol. The highest BCUT2D eigenvalue weighted by Gasteiger charge is 2.34. The van der Waals surface area contributed by atoms with E-state index in [-0.39, 0.29) is 17.2 Å². The van der Waals surface area contributed by atoms with E-state index < -0.39 is 0 Å². The zero-order chi connectivity index (χ0) is 11.9. The van der Waals surface area contributed by atoms with Gasteiger partial charge in [0.05, 0.1) is 18.4 Å². The molecule has 0 atom stereocenters. The van der Waals surface area contributed by atoms with Crippen molar-refractivity contribution in [1.82, 2.24) is 4.98 Å². The number of nitrogens with one attached hydrogen (secondary N) is 1. The lowest BCUT2D eigenvalue weighted by Gasteiger charge is -2.28. The van der Waals surface area contributed by atoms with Crippen LogP contribution >= 0.6 is 0 Å². The van der Waals surface area contributed by atoms with Gasteiger partial charge in [0, 0.05) is 12.6 Å². The molecule has 1 heterocycles. The molecule has 0 spiro atoms. The second-order valence-corrected chi connectivity index (χ2v) is 4.99. The van der Waals surface area contributed by atoms with Gasteiger partial charge in [0.1, 0.15) is 0 Å². The van der Waals surface area contributed by atoms with Crippen LogP contribution in [-0.4, -0.2) is 23.8 Å². The number of hydrogen-bond acceptors (Lipinski definition) is 3. The molecule has 0 saturated carbocycles. The van der Waals surface area contributed by atoms with Crippen molar-refractivity contribution >= 4 is 11.8 Å². The number of H-pyrrole nitrogens is 1. The Kier molecular flexibility index (Phi) is 2.37. The Morgan fingerprint density at radius 2 is 2.12 bits per heavy atom. The Bertz CT molecular complexity index is 457. The number of fused-ring (bicyclic) bond motifs is 1. The Balaban J connectivity index is 2.49. The predicted octanol–water partition coefficient (Wildman–Crippen LogP) is 1.96. The first-order chi connectivity index (χ1) is 7.44. The molecule has 0 radical (unpaired) electrons. The van der Waals surface area contributed by atoms with Crippen LogP contribution in [-0.2, 0) is 11.2 Å². The molecule has 16 heavy (non-hydrogen) atoms. The highest BCUT2D eigenvalue weighted by Crippen LogP contribution is 2.36. The van der Waals surface area contributed by atoms with Crippen LogP contribution in [0, 0.1) is 5.41 Å². The Morgan fingerprint density at radius 1 is 1.44 bits per heavy atom. The molecule has 86 valence electrons. The van der Waals surface area contributed by atoms with E-state index >= 15 is 0 Å². The maximum atomic E-state index is 11.8. The number of aromatic amines is 1. The van der Waals surface area contributed by atoms with Gasteiger partial charge in [0.15, 0.2) is 5.78 Å². The summed E-state index contributed by atoms with van der Waals surface area (Å²) in [6.45, 7) is 4.06. The van der Waals surface area contributed by atoms with Gasteiger partial charge in [-0.3, -0.25) is 4.79 Å². The van der Waals surface area contributed by atoms with Crippen LogP contribution in [0.3, 0.4) is 0 Å². The van der Waals surface area contributed by atoms with Crippen molar-refractivity contribution in [3.63, 3.8) is 0 Å². The van der Waals surface area contributed by atoms with Gasteiger partial charge in [0.25, 0.3) is 0 Å². The molecule has 0 unspecified atom stereocenters. The fourth-order valence-corrected chi connectivity index (χ4v) is 2.24. The summed E-state index contributed by atoms with van der Waals surface area (Å²) in [5, 5.41) is 0. The molecule has 0 amide bonds. The summed E-state index contributed by atoms with van der Waals surface area (Å²) >= 11 is 0. The van der Waals surface area contributed by atoms with E-state index in [1.54, 1.807) is 6.20 Å². The average Bonchev–Trinajstić information content (AvgIpc) is 2.58. The third-order valence-electron chi connectivity index (χ3n) is 2.97. The molecule has 0 bridgehead atoms. The van der Waals surface area contributed by atoms with Gasteiger partial charge in [-0.25, -0.2) is 4.79 Å². The van der Waals surface area contributed by atoms with Crippen LogP contribution < -0.4 is 0 Å². The summed E-state index contributed by atoms with van der Waals surface area (Å²) in [5.41, 5.74) is 1.76. The Morgan fingerprint density at radius 3 is 2.75 bits per heavy atom. The Labute approximate surface area is 94.0 Å². The zero-order valence-corrected chi connectivity index (χ0v) is 9.72. The standard InChI is InChI=1S/C12H15NO3/c1-12(2)4-7-8(11(15)16-3)6-13-10(7)9(14)5-12/h6,13H,4-5H2,1-3H3. The van der Waals surface area contributed by atoms with Crippen molar-refractivity contribution in [3.05, 3.63) is 23.0 Å². The third-order valence-corrected chi connectivity index (χ3v) is 2.97. The van der Waals surface area contributed by atoms with E-state index in [0.717, 1.165) is 12.0 Å². The van der Waals surface area contributed by atoms with E-state index in [9.17, 15) is 9.59 Å². The summed E-state index contributed by atoms with van der Waals surface area (Å²) in [6.07, 6.45) is 2.80. The van der Waals surface area contributed by atoms with Gasteiger partial charge >= 0.3 is 5.97 Å². The molecular weight excluding hydrogens is 206 g/mol. The van der Waals surface area contributed by atoms with Crippen molar-refractivity contribution in [1.29, 1.82) is 0 Å². The van der Waals surface area contributed by atoms with E-state index in [0.29, 0.717) is 17.7 Å². The molecular formula is C12H15NO3. The minimum atomic E-state index is -0.386. The smallest absolute Gasteiger partial charge is 0.339 e. The van der Waals surface area contributed by atoms with Crippen LogP contribution in [0.2, 0.25) is 0 Å². The monoisotopic (exact) mass is 221 g/mol. The second-order valence-electron chi connectivity index (χ2n) is 4.99. The number of rotatable bonds is 1. The quantitative estimate of drug-likeness (QED) is 0.737. The molecule has 4 heteroatoms. The van der Waals surface area contributed by atoms with Crippen molar-refractivity contribution in [3.8, 4) is 0 Å². The van der Waals surface area contributed by atoms with E-state index in [2.05, 4.69) is 4.98 Å². The number of hydrogen-bond donors (Lipinski definition) is 1. The summed E-state index contributed by atoms with van der Waals surface area (Å²) in [5.74, 6) is -0.315. The van der Waals surface area contributed by atoms with Crippen LogP contribution in [0.1, 0.15) is 46.7 Å². The van der Waals surface area contributed by atoms with Crippen LogP contribution in [0.25, 0.3) is 0 Å². The number of aromatic nitrogens is 1. The highest BCUT2D eigenvalue weighted by atomic mass is 16.5. The summed E-state index contributed by atoms with van der Waals surface area (Å²) in [7, 11) is 1.34. The maximum absolute atomic E-state index is 11.8. The summed E-state index contributed by atoms with van der Waals surface area (Å²) in [4.78, 5) is 26.2. The largest absolute Gasteiger partial charge is 0.465 e. The minimum Gasteiger partial charge on any atom is -0.465 e. The molecule has 1 aliphatic rings. The Hall–Kier alpha value is -1.58. The van der Waals surface area contributed by atoms with Crippen LogP contribution in [0.5, 0.6) is 0 Å². The van der Waals surface area contributed by atoms with Crippen molar-refractivity contribution in [2.75, 3.05) is 7.11 Å². The summed E-state index contributed by atoms with van der Waals surface area (Å²) in [6, 6.07) is 0. The molecule has 0 fully saturated rings. The molecule has 1 aromatic rings. The fraction of sp³-hybridized carbons (Fsp3) is 0.500. The van der Waals surface area contributed by atoms with Gasteiger partial charge in [0.2, 0.25) is 0 Å². The number of carbonyl (C=O) groups excluding carboxylic acids is 2. The van der Waals surface area contributed by atoms with E-state index in [1.807, 2.05) is 13.8 Å². The lowest BCUT2D eigenvalue weighted by Crippen LogP contribution is -2.27. The lowest BCUT2D eigenvalue weighted by atomic mass is 9.75. The average molecular weight is 221 g/mol. The number of esters is 1. The van der Waals surface area contributed by atoms with Crippen LogP contribution in [0.15, 0.2) is 6.20 Å². The first-order valence-corrected chi connectivity index (χ1v) is 5.26. The van der Waals surface area contributed by atoms with Gasteiger partial charge in [-0.2, -0.15) is 0 Å². The normalized spacial score (nSPS) is 18.1. The SMILES string of the molecule is COC(=O)c1c[nH]c2c1CC(C)(C)CC2=O. The van der Waals surface area contributed by atoms with Gasteiger partial charge in [-0.05, 0) is 17.4 Å². The molecule has 0 aliphatic heterocycles. The second kappa shape index (κ2) is 3.47. The fourth-order valence-electron chi connectivity index (χ4n) is 2.24. The van der Waals surface area contributed by atoms with Crippen molar-refractivity contribution < 1.29 is 14.3 Å². The molecule has 0 saturated heterocycles. The van der Waals surface area contributed by atoms with E-state index in [1.165, 1.54) is 7.11 Å². The topological polar surface area (TPSA) is 59.2 Å². The lowest BCUT2D eigenvalue weighted by molar-refractivity contribution is 0.0599. The zero-order valence-electron chi connectivity index (χ0n) is 9.72. The maximum Gasteiger partial charge on any atom is 0.339 e. The van der Waals surface area contributed by atoms with Crippen LogP contribution in [0.4, 0.5) is 0 Å². The molecule has 1 aliphatic carbocycles. The van der Waals surface area contributed by atoms with Crippen molar-refractivity contribution in [2.24, 2.45) is 5.41 Å². The number of ketones is 1. The first-order valence-electron chi connectivity index (χ1n) is 5.26. The number of ether oxygens (including phenoxy) is 1. The number of carbonyl (C=O) groups is 2. The van der Waals surface area contributed by atoms with Gasteiger partial charge < -0.3 is 9.72 Å². The number of Topliss-reactive ketones (excluding diaryl/α,β-unsaturated/α-hetero) is 1. The first kappa shape index (κ1) is 10.9.